The number of nitrogens with zero attached hydrogens (tertiary/aromatic N) is 3. The summed E-state index contributed by atoms with van der Waals surface area (Å²) in [4.78, 5) is 40.4. The molecule has 2 aromatic carbocycles. The molecular weight excluding hydrogens is 463 g/mol. The summed E-state index contributed by atoms with van der Waals surface area (Å²) in [6, 6.07) is 11.4. The largest absolute Gasteiger partial charge is 0.371 e. The third-order valence-electron chi connectivity index (χ3n) is 6.38. The maximum Gasteiger partial charge on any atom is 0.268 e. The van der Waals surface area contributed by atoms with Crippen molar-refractivity contribution in [1.82, 2.24) is 5.32 Å². The number of amides is 3. The topological polar surface area (TPSA) is 120 Å². The van der Waals surface area contributed by atoms with Gasteiger partial charge in [-0.1, -0.05) is 19.4 Å². The van der Waals surface area contributed by atoms with E-state index < -0.39 is 29.7 Å². The van der Waals surface area contributed by atoms with Crippen LogP contribution in [-0.2, 0) is 14.4 Å². The lowest BCUT2D eigenvalue weighted by Crippen LogP contribution is -2.46. The van der Waals surface area contributed by atoms with Crippen molar-refractivity contribution >= 4 is 40.5 Å². The predicted molar refractivity (Wildman–Crippen MR) is 137 cm³/mol. The minimum absolute atomic E-state index is 0.0170. The average Bonchev–Trinajstić information content (AvgIpc) is 3.55. The van der Waals surface area contributed by atoms with E-state index in [0.29, 0.717) is 24.2 Å². The molecule has 2 heterocycles. The number of hydrogen-bond acceptors (Lipinski definition) is 6. The van der Waals surface area contributed by atoms with Gasteiger partial charge in [-0.05, 0) is 61.7 Å². The highest BCUT2D eigenvalue weighted by Gasteiger charge is 2.36. The lowest BCUT2D eigenvalue weighted by molar-refractivity contribution is -0.123. The normalized spacial score (nSPS) is 18.1. The standard InChI is InChI=1S/C26H31FN6O3/c1-2-6-21(25(35)29-18-7-5-8-20(15-18)32-13-3-4-14-32)30-26(36)22-16-23(24(28)34)33(31-22)19-11-9-17(27)10-12-19/h5,7-12,15,21,23H,2-4,6,13-14,16H2,1H3,(H2,28,34)(H,29,35)(H,30,36). The Balaban J connectivity index is 1.45. The first kappa shape index (κ1) is 25.2. The van der Waals surface area contributed by atoms with Crippen LogP contribution < -0.4 is 26.3 Å². The molecule has 0 saturated carbocycles. The number of rotatable bonds is 9. The Hall–Kier alpha value is -3.95. The van der Waals surface area contributed by atoms with E-state index in [2.05, 4.69) is 20.6 Å². The number of benzene rings is 2. The zero-order valence-electron chi connectivity index (χ0n) is 20.2. The molecule has 10 heteroatoms. The van der Waals surface area contributed by atoms with E-state index in [9.17, 15) is 18.8 Å². The summed E-state index contributed by atoms with van der Waals surface area (Å²) >= 11 is 0. The Bertz CT molecular complexity index is 1150. The van der Waals surface area contributed by atoms with Crippen molar-refractivity contribution in [2.24, 2.45) is 10.8 Å². The molecule has 1 fully saturated rings. The van der Waals surface area contributed by atoms with Gasteiger partial charge < -0.3 is 21.3 Å². The van der Waals surface area contributed by atoms with Crippen molar-refractivity contribution in [3.63, 3.8) is 0 Å². The van der Waals surface area contributed by atoms with Crippen LogP contribution >= 0.6 is 0 Å². The molecule has 2 atom stereocenters. The summed E-state index contributed by atoms with van der Waals surface area (Å²) in [6.45, 7) is 3.91. The molecule has 2 unspecified atom stereocenters. The first-order valence-corrected chi connectivity index (χ1v) is 12.2. The summed E-state index contributed by atoms with van der Waals surface area (Å²) < 4.78 is 13.3. The van der Waals surface area contributed by atoms with Gasteiger partial charge in [0.15, 0.2) is 0 Å². The van der Waals surface area contributed by atoms with Crippen LogP contribution in [0.25, 0.3) is 0 Å². The summed E-state index contributed by atoms with van der Waals surface area (Å²) in [5.74, 6) is -1.98. The smallest absolute Gasteiger partial charge is 0.268 e. The zero-order chi connectivity index (χ0) is 25.7. The molecule has 4 rings (SSSR count). The minimum Gasteiger partial charge on any atom is -0.371 e. The second-order valence-electron chi connectivity index (χ2n) is 9.04. The molecule has 0 aromatic heterocycles. The second-order valence-corrected chi connectivity index (χ2v) is 9.04. The van der Waals surface area contributed by atoms with Crippen LogP contribution in [0.1, 0.15) is 39.0 Å². The van der Waals surface area contributed by atoms with E-state index in [1.807, 2.05) is 31.2 Å². The van der Waals surface area contributed by atoms with Crippen LogP contribution in [0.4, 0.5) is 21.5 Å². The van der Waals surface area contributed by atoms with E-state index >= 15 is 0 Å². The lowest BCUT2D eigenvalue weighted by atomic mass is 10.1. The minimum atomic E-state index is -0.886. The number of carbonyl (C=O) groups excluding carboxylic acids is 3. The monoisotopic (exact) mass is 494 g/mol. The van der Waals surface area contributed by atoms with Gasteiger partial charge in [-0.3, -0.25) is 19.4 Å². The van der Waals surface area contributed by atoms with Crippen molar-refractivity contribution in [1.29, 1.82) is 0 Å². The second kappa shape index (κ2) is 11.2. The number of hydrogen-bond donors (Lipinski definition) is 3. The Kier molecular flexibility index (Phi) is 7.82. The molecule has 4 N–H and O–H groups in total. The Morgan fingerprint density at radius 3 is 2.50 bits per heavy atom. The first-order chi connectivity index (χ1) is 17.4. The fraction of sp³-hybridized carbons (Fsp3) is 0.385. The molecule has 9 nitrogen and oxygen atoms in total. The highest BCUT2D eigenvalue weighted by atomic mass is 19.1. The maximum absolute atomic E-state index is 13.3. The summed E-state index contributed by atoms with van der Waals surface area (Å²) in [7, 11) is 0. The predicted octanol–water partition coefficient (Wildman–Crippen LogP) is 2.77. The number of hydrazone groups is 1. The molecule has 2 aliphatic rings. The molecule has 36 heavy (non-hydrogen) atoms. The van der Waals surface area contributed by atoms with Crippen LogP contribution in [0.15, 0.2) is 53.6 Å². The molecule has 190 valence electrons. The van der Waals surface area contributed by atoms with Gasteiger partial charge in [-0.2, -0.15) is 5.10 Å². The molecule has 0 radical (unpaired) electrons. The number of halogens is 1. The highest BCUT2D eigenvalue weighted by molar-refractivity contribution is 6.40. The van der Waals surface area contributed by atoms with Gasteiger partial charge in [-0.25, -0.2) is 4.39 Å². The fourth-order valence-electron chi connectivity index (χ4n) is 4.49. The SMILES string of the molecule is CCCC(NC(=O)C1=NN(c2ccc(F)cc2)C(C(N)=O)C1)C(=O)Nc1cccc(N2CCCC2)c1. The van der Waals surface area contributed by atoms with Crippen molar-refractivity contribution in [2.75, 3.05) is 28.3 Å². The van der Waals surface area contributed by atoms with E-state index in [-0.39, 0.29) is 18.0 Å². The average molecular weight is 495 g/mol. The van der Waals surface area contributed by atoms with Crippen LogP contribution in [-0.4, -0.2) is 48.6 Å². The molecule has 2 aliphatic heterocycles. The number of nitrogens with two attached hydrogens (primary N) is 1. The summed E-state index contributed by atoms with van der Waals surface area (Å²) in [5.41, 5.74) is 7.76. The van der Waals surface area contributed by atoms with Crippen molar-refractivity contribution in [3.05, 3.63) is 54.3 Å². The molecular formula is C26H31FN6O3. The van der Waals surface area contributed by atoms with Gasteiger partial charge in [0.1, 0.15) is 23.6 Å². The Labute approximate surface area is 209 Å². The molecule has 0 bridgehead atoms. The van der Waals surface area contributed by atoms with Crippen LogP contribution in [0.2, 0.25) is 0 Å². The Morgan fingerprint density at radius 1 is 1.11 bits per heavy atom. The van der Waals surface area contributed by atoms with Gasteiger partial charge >= 0.3 is 0 Å². The van der Waals surface area contributed by atoms with Gasteiger partial charge in [-0.15, -0.1) is 0 Å². The van der Waals surface area contributed by atoms with Gasteiger partial charge in [0.25, 0.3) is 5.91 Å². The van der Waals surface area contributed by atoms with Crippen molar-refractivity contribution in [3.8, 4) is 0 Å². The molecule has 1 saturated heterocycles. The summed E-state index contributed by atoms with van der Waals surface area (Å²) in [6.07, 6.45) is 3.39. The van der Waals surface area contributed by atoms with Gasteiger partial charge in [0.05, 0.1) is 5.69 Å². The fourth-order valence-corrected chi connectivity index (χ4v) is 4.49. The van der Waals surface area contributed by atoms with E-state index in [4.69, 9.17) is 5.73 Å². The van der Waals surface area contributed by atoms with Crippen molar-refractivity contribution < 1.29 is 18.8 Å². The third-order valence-corrected chi connectivity index (χ3v) is 6.38. The number of nitrogens with one attached hydrogen (secondary N) is 2. The van der Waals surface area contributed by atoms with E-state index in [1.54, 1.807) is 0 Å². The number of carbonyl (C=O) groups is 3. The van der Waals surface area contributed by atoms with Crippen LogP contribution in [0.3, 0.4) is 0 Å². The number of primary amides is 1. The lowest BCUT2D eigenvalue weighted by Gasteiger charge is -2.20. The quantitative estimate of drug-likeness (QED) is 0.495. The van der Waals surface area contributed by atoms with Crippen LogP contribution in [0, 0.1) is 5.82 Å². The Morgan fingerprint density at radius 2 is 1.83 bits per heavy atom. The molecule has 3 amide bonds. The number of anilines is 3. The third kappa shape index (κ3) is 5.81. The zero-order valence-corrected chi connectivity index (χ0v) is 20.2. The van der Waals surface area contributed by atoms with E-state index in [1.165, 1.54) is 29.3 Å². The molecule has 2 aromatic rings. The van der Waals surface area contributed by atoms with E-state index in [0.717, 1.165) is 31.6 Å². The van der Waals surface area contributed by atoms with Gasteiger partial charge in [0.2, 0.25) is 11.8 Å². The molecule has 0 aliphatic carbocycles. The van der Waals surface area contributed by atoms with Crippen molar-refractivity contribution in [2.45, 2.75) is 51.1 Å². The maximum atomic E-state index is 13.3. The summed E-state index contributed by atoms with van der Waals surface area (Å²) in [5, 5.41) is 11.3. The highest BCUT2D eigenvalue weighted by Crippen LogP contribution is 2.26. The van der Waals surface area contributed by atoms with Gasteiger partial charge in [0, 0.05) is 30.9 Å². The first-order valence-electron chi connectivity index (χ1n) is 12.2. The van der Waals surface area contributed by atoms with Crippen LogP contribution in [0.5, 0.6) is 0 Å². The molecule has 0 spiro atoms.